The molecule has 2 aromatic rings. The molecule has 1 aromatic heterocycles. The zero-order valence-corrected chi connectivity index (χ0v) is 18.8. The van der Waals surface area contributed by atoms with Crippen molar-refractivity contribution >= 4 is 17.7 Å². The van der Waals surface area contributed by atoms with Gasteiger partial charge in [0.05, 0.1) is 17.7 Å². The Labute approximate surface area is 184 Å². The summed E-state index contributed by atoms with van der Waals surface area (Å²) in [5.41, 5.74) is 2.71. The molecule has 1 aliphatic rings. The van der Waals surface area contributed by atoms with Gasteiger partial charge in [-0.3, -0.25) is 9.78 Å². The Hall–Kier alpha value is -3.15. The van der Waals surface area contributed by atoms with Crippen LogP contribution in [0, 0.1) is 11.8 Å². The van der Waals surface area contributed by atoms with Gasteiger partial charge in [-0.1, -0.05) is 44.2 Å². The van der Waals surface area contributed by atoms with Crippen molar-refractivity contribution in [1.29, 1.82) is 0 Å². The number of carbonyl (C=O) groups is 2. The molecule has 0 unspecified atom stereocenters. The Morgan fingerprint density at radius 3 is 2.68 bits per heavy atom. The van der Waals surface area contributed by atoms with Crippen molar-refractivity contribution in [1.82, 2.24) is 10.3 Å². The maximum atomic E-state index is 13.0. The fraction of sp³-hybridized carbons (Fsp3) is 0.400. The van der Waals surface area contributed by atoms with Gasteiger partial charge in [0.2, 0.25) is 5.91 Å². The van der Waals surface area contributed by atoms with E-state index in [9.17, 15) is 9.59 Å². The molecule has 0 fully saturated rings. The number of fused-ring (bicyclic) bond motifs is 4. The first-order chi connectivity index (χ1) is 14.6. The minimum Gasteiger partial charge on any atom is -0.444 e. The highest BCUT2D eigenvalue weighted by atomic mass is 16.6. The minimum atomic E-state index is -0.597. The summed E-state index contributed by atoms with van der Waals surface area (Å²) in [6.45, 7) is 9.53. The second kappa shape index (κ2) is 9.33. The number of benzene rings is 1. The normalized spacial score (nSPS) is 20.0. The molecule has 164 valence electrons. The maximum absolute atomic E-state index is 13.0. The number of amides is 2. The molecule has 3 rings (SSSR count). The Bertz CT molecular complexity index is 976. The summed E-state index contributed by atoms with van der Waals surface area (Å²) < 4.78 is 5.45. The second-order valence-electron chi connectivity index (χ2n) is 9.14. The van der Waals surface area contributed by atoms with Gasteiger partial charge >= 0.3 is 6.09 Å². The molecule has 2 N–H and O–H groups in total. The maximum Gasteiger partial charge on any atom is 0.408 e. The van der Waals surface area contributed by atoms with E-state index >= 15 is 0 Å². The molecule has 0 spiro atoms. The number of anilines is 1. The van der Waals surface area contributed by atoms with Crippen LogP contribution in [0.5, 0.6) is 0 Å². The molecule has 0 radical (unpaired) electrons. The molecule has 0 saturated carbocycles. The van der Waals surface area contributed by atoms with Crippen molar-refractivity contribution in [3.63, 3.8) is 0 Å². The molecule has 31 heavy (non-hydrogen) atoms. The first-order valence-electron chi connectivity index (χ1n) is 10.7. The fourth-order valence-electron chi connectivity index (χ4n) is 3.54. The molecular formula is C25H31N3O3. The molecule has 6 nitrogen and oxygen atoms in total. The van der Waals surface area contributed by atoms with Crippen LogP contribution in [-0.2, 0) is 9.53 Å². The predicted molar refractivity (Wildman–Crippen MR) is 122 cm³/mol. The lowest BCUT2D eigenvalue weighted by Crippen LogP contribution is -2.35. The van der Waals surface area contributed by atoms with Crippen LogP contribution < -0.4 is 10.6 Å². The van der Waals surface area contributed by atoms with Gasteiger partial charge in [0.15, 0.2) is 0 Å². The van der Waals surface area contributed by atoms with Crippen molar-refractivity contribution in [2.45, 2.75) is 52.7 Å². The largest absolute Gasteiger partial charge is 0.444 e. The van der Waals surface area contributed by atoms with Crippen LogP contribution in [0.15, 0.2) is 54.7 Å². The van der Waals surface area contributed by atoms with E-state index in [0.29, 0.717) is 6.42 Å². The van der Waals surface area contributed by atoms with Crippen LogP contribution in [0.25, 0.3) is 11.1 Å². The van der Waals surface area contributed by atoms with Gasteiger partial charge in [-0.25, -0.2) is 4.79 Å². The summed E-state index contributed by atoms with van der Waals surface area (Å²) in [6.07, 6.45) is 5.57. The Morgan fingerprint density at radius 2 is 1.97 bits per heavy atom. The third-order valence-electron chi connectivity index (χ3n) is 5.06. The first kappa shape index (κ1) is 22.5. The Morgan fingerprint density at radius 1 is 1.23 bits per heavy atom. The zero-order valence-electron chi connectivity index (χ0n) is 18.8. The molecule has 2 heterocycles. The second-order valence-corrected chi connectivity index (χ2v) is 9.14. The van der Waals surface area contributed by atoms with Crippen LogP contribution in [0.3, 0.4) is 0 Å². The highest BCUT2D eigenvalue weighted by Crippen LogP contribution is 2.31. The SMILES string of the molecule is CC(C)[C@H]1/C=C/C[C@H](NC(=O)OC(C)(C)C)c2cc(ccn2)-c2ccccc2NC1=O. The van der Waals surface area contributed by atoms with E-state index in [4.69, 9.17) is 4.74 Å². The van der Waals surface area contributed by atoms with Gasteiger partial charge in [0, 0.05) is 17.4 Å². The van der Waals surface area contributed by atoms with E-state index in [1.54, 1.807) is 6.20 Å². The molecule has 6 heteroatoms. The lowest BCUT2D eigenvalue weighted by atomic mass is 9.92. The van der Waals surface area contributed by atoms with Crippen LogP contribution >= 0.6 is 0 Å². The van der Waals surface area contributed by atoms with E-state index in [1.807, 2.05) is 83.2 Å². The third kappa shape index (κ3) is 5.94. The topological polar surface area (TPSA) is 80.3 Å². The van der Waals surface area contributed by atoms with E-state index in [0.717, 1.165) is 22.5 Å². The molecule has 2 atom stereocenters. The number of nitrogens with zero attached hydrogens (tertiary/aromatic N) is 1. The summed E-state index contributed by atoms with van der Waals surface area (Å²) in [5.74, 6) is -0.217. The fourth-order valence-corrected chi connectivity index (χ4v) is 3.54. The molecule has 1 aliphatic heterocycles. The quantitative estimate of drug-likeness (QED) is 0.629. The summed E-state index contributed by atoms with van der Waals surface area (Å²) >= 11 is 0. The van der Waals surface area contributed by atoms with Gasteiger partial charge in [-0.05, 0) is 56.9 Å². The van der Waals surface area contributed by atoms with Crippen LogP contribution in [0.4, 0.5) is 10.5 Å². The van der Waals surface area contributed by atoms with Crippen molar-refractivity contribution in [2.24, 2.45) is 11.8 Å². The number of ether oxygens (including phenoxy) is 1. The monoisotopic (exact) mass is 421 g/mol. The average molecular weight is 422 g/mol. The zero-order chi connectivity index (χ0) is 22.6. The van der Waals surface area contributed by atoms with Gasteiger partial charge in [-0.15, -0.1) is 0 Å². The summed E-state index contributed by atoms with van der Waals surface area (Å²) in [7, 11) is 0. The van der Waals surface area contributed by atoms with Crippen molar-refractivity contribution < 1.29 is 14.3 Å². The number of nitrogens with one attached hydrogen (secondary N) is 2. The van der Waals surface area contributed by atoms with Crippen LogP contribution in [0.1, 0.15) is 52.8 Å². The number of rotatable bonds is 2. The number of alkyl carbamates (subject to hydrolysis) is 1. The molecule has 2 amide bonds. The molecule has 2 bridgehead atoms. The van der Waals surface area contributed by atoms with Crippen molar-refractivity contribution in [2.75, 3.05) is 5.32 Å². The van der Waals surface area contributed by atoms with Gasteiger partial charge < -0.3 is 15.4 Å². The number of pyridine rings is 1. The van der Waals surface area contributed by atoms with Crippen molar-refractivity contribution in [3.05, 3.63) is 60.4 Å². The van der Waals surface area contributed by atoms with E-state index < -0.39 is 11.7 Å². The lowest BCUT2D eigenvalue weighted by Gasteiger charge is -2.24. The summed E-state index contributed by atoms with van der Waals surface area (Å²) in [4.78, 5) is 30.0. The Kier molecular flexibility index (Phi) is 6.78. The molecule has 0 aliphatic carbocycles. The number of carbonyl (C=O) groups excluding carboxylic acids is 2. The van der Waals surface area contributed by atoms with Gasteiger partial charge in [-0.2, -0.15) is 0 Å². The smallest absolute Gasteiger partial charge is 0.408 e. The lowest BCUT2D eigenvalue weighted by molar-refractivity contribution is -0.119. The van der Waals surface area contributed by atoms with Gasteiger partial charge in [0.1, 0.15) is 5.60 Å². The van der Waals surface area contributed by atoms with Crippen molar-refractivity contribution in [3.8, 4) is 11.1 Å². The highest BCUT2D eigenvalue weighted by Gasteiger charge is 2.24. The standard InChI is InChI=1S/C25H31N3O3/c1-16(2)18-10-8-12-21(28-24(30)31-25(3,4)5)22-15-17(13-14-26-22)19-9-6-7-11-20(19)27-23(18)29/h6-11,13-16,18,21H,12H2,1-5H3,(H,27,29)(H,28,30)/b10-8+/t18-,21+/m1/s1. The molecule has 0 saturated heterocycles. The van der Waals surface area contributed by atoms with E-state index in [2.05, 4.69) is 15.6 Å². The number of para-hydroxylation sites is 1. The highest BCUT2D eigenvalue weighted by molar-refractivity contribution is 5.97. The minimum absolute atomic E-state index is 0.0507. The van der Waals surface area contributed by atoms with E-state index in [1.165, 1.54) is 0 Å². The predicted octanol–water partition coefficient (Wildman–Crippen LogP) is 5.49. The first-order valence-corrected chi connectivity index (χ1v) is 10.7. The average Bonchev–Trinajstić information content (AvgIpc) is 2.68. The van der Waals surface area contributed by atoms with Gasteiger partial charge in [0.25, 0.3) is 0 Å². The molecular weight excluding hydrogens is 390 g/mol. The number of aromatic nitrogens is 1. The number of hydrogen-bond acceptors (Lipinski definition) is 4. The van der Waals surface area contributed by atoms with Crippen LogP contribution in [-0.4, -0.2) is 22.6 Å². The number of hydrogen-bond donors (Lipinski definition) is 2. The Balaban J connectivity index is 2.04. The van der Waals surface area contributed by atoms with E-state index in [-0.39, 0.29) is 23.8 Å². The summed E-state index contributed by atoms with van der Waals surface area (Å²) in [6, 6.07) is 11.2. The van der Waals surface area contributed by atoms with Crippen LogP contribution in [0.2, 0.25) is 0 Å². The molecule has 1 aromatic carbocycles. The summed E-state index contributed by atoms with van der Waals surface area (Å²) in [5, 5.41) is 6.03. The third-order valence-corrected chi connectivity index (χ3v) is 5.06.